The summed E-state index contributed by atoms with van der Waals surface area (Å²) in [7, 11) is 0. The van der Waals surface area contributed by atoms with Crippen molar-refractivity contribution in [3.05, 3.63) is 11.9 Å². The van der Waals surface area contributed by atoms with Crippen LogP contribution in [0.5, 0.6) is 0 Å². The van der Waals surface area contributed by atoms with Gasteiger partial charge in [-0.3, -0.25) is 19.1 Å². The zero-order chi connectivity index (χ0) is 45.1. The fourth-order valence-electron chi connectivity index (χ4n) is 8.92. The quantitative estimate of drug-likeness (QED) is 0.0629. The molecule has 352 valence electrons. The SMILES string of the molecule is CCC1CC(C(=O)NCCNC(=O)c2cn(CCCO)nn2)C[C@@H](O[C@@H]2OC(CO)[C@H](O)C(O[C@@H](CC3CCCCC3)C(=O)O)C2NC(C)=O)C1O[C@@H]1OC(C)[C@@H](O)C(O)C1O. The predicted octanol–water partition coefficient (Wildman–Crippen LogP) is -2.07. The number of aliphatic hydroxyl groups is 6. The molecule has 2 aliphatic heterocycles. The van der Waals surface area contributed by atoms with Crippen molar-refractivity contribution >= 4 is 23.7 Å². The van der Waals surface area contributed by atoms with Gasteiger partial charge in [-0.2, -0.15) is 0 Å². The van der Waals surface area contributed by atoms with E-state index in [0.717, 1.165) is 32.1 Å². The molecule has 1 aromatic heterocycles. The number of carbonyl (C=O) groups excluding carboxylic acids is 3. The molecule has 3 heterocycles. The van der Waals surface area contributed by atoms with E-state index in [9.17, 15) is 49.8 Å². The summed E-state index contributed by atoms with van der Waals surface area (Å²) in [4.78, 5) is 51.8. The fourth-order valence-corrected chi connectivity index (χ4v) is 8.92. The number of carboxylic acids is 1. The number of amides is 3. The minimum atomic E-state index is -1.68. The number of hydrogen-bond acceptors (Lipinski definition) is 17. The number of aromatic nitrogens is 3. The van der Waals surface area contributed by atoms with Gasteiger partial charge in [-0.1, -0.05) is 50.7 Å². The summed E-state index contributed by atoms with van der Waals surface area (Å²) in [5.74, 6) is -3.87. The van der Waals surface area contributed by atoms with Gasteiger partial charge >= 0.3 is 5.97 Å². The first-order chi connectivity index (χ1) is 29.6. The molecule has 4 aliphatic rings. The van der Waals surface area contributed by atoms with Crippen molar-refractivity contribution in [2.75, 3.05) is 26.3 Å². The third-order valence-electron chi connectivity index (χ3n) is 12.4. The van der Waals surface area contributed by atoms with Crippen molar-refractivity contribution in [3.8, 4) is 0 Å². The number of aliphatic carboxylic acids is 1. The van der Waals surface area contributed by atoms with E-state index >= 15 is 0 Å². The number of rotatable bonds is 20. The van der Waals surface area contributed by atoms with Gasteiger partial charge in [0, 0.05) is 39.1 Å². The summed E-state index contributed by atoms with van der Waals surface area (Å²) in [5, 5.41) is 88.9. The predicted molar refractivity (Wildman–Crippen MR) is 213 cm³/mol. The molecular formula is C40H66N6O16. The Balaban J connectivity index is 1.37. The van der Waals surface area contributed by atoms with Crippen LogP contribution in [0, 0.1) is 17.8 Å². The molecule has 0 aromatic carbocycles. The van der Waals surface area contributed by atoms with Crippen LogP contribution in [0.15, 0.2) is 6.20 Å². The molecular weight excluding hydrogens is 820 g/mol. The lowest BCUT2D eigenvalue weighted by molar-refractivity contribution is -0.338. The van der Waals surface area contributed by atoms with Crippen LogP contribution in [0.4, 0.5) is 0 Å². The lowest BCUT2D eigenvalue weighted by Gasteiger charge is -2.49. The first kappa shape index (κ1) is 49.6. The van der Waals surface area contributed by atoms with Gasteiger partial charge in [0.2, 0.25) is 11.8 Å². The van der Waals surface area contributed by atoms with Gasteiger partial charge in [0.25, 0.3) is 5.91 Å². The first-order valence-corrected chi connectivity index (χ1v) is 21.8. The molecule has 15 atom stereocenters. The minimum Gasteiger partial charge on any atom is -0.479 e. The number of carbonyl (C=O) groups is 4. The number of carboxylic acid groups (broad SMARTS) is 1. The van der Waals surface area contributed by atoms with Crippen LogP contribution in [0.1, 0.15) is 95.5 Å². The van der Waals surface area contributed by atoms with E-state index in [0.29, 0.717) is 19.4 Å². The Kier molecular flexibility index (Phi) is 18.8. The smallest absolute Gasteiger partial charge is 0.332 e. The molecule has 2 saturated carbocycles. The molecule has 1 aromatic rings. The van der Waals surface area contributed by atoms with Gasteiger partial charge in [-0.15, -0.1) is 5.10 Å². The second kappa shape index (κ2) is 23.5. The van der Waals surface area contributed by atoms with Gasteiger partial charge < -0.3 is 75.4 Å². The van der Waals surface area contributed by atoms with E-state index < -0.39 is 116 Å². The molecule has 5 rings (SSSR count). The molecule has 22 nitrogen and oxygen atoms in total. The topological polar surface area (TPSA) is 323 Å². The summed E-state index contributed by atoms with van der Waals surface area (Å²) in [6.07, 6.45) is -9.17. The van der Waals surface area contributed by atoms with Crippen LogP contribution in [0.3, 0.4) is 0 Å². The molecule has 3 amide bonds. The Morgan fingerprint density at radius 3 is 2.31 bits per heavy atom. The Labute approximate surface area is 359 Å². The maximum absolute atomic E-state index is 13.8. The van der Waals surface area contributed by atoms with Crippen LogP contribution in [0.2, 0.25) is 0 Å². The first-order valence-electron chi connectivity index (χ1n) is 21.8. The standard InChI is InChI=1S/C40H66N6O16/c1-4-23-16-24(36(54)41-11-12-42-37(55)25-18-46(45-44-25)13-8-14-47)17-26(34(23)62-40-33(53)32(52)30(50)20(2)58-40)60-39-29(43-21(3)49)35(31(51)28(19-48)61-39)59-27(38(56)57)15-22-9-6-5-7-10-22/h18,20,22-24,26-35,39-40,47-48,50-53H,4-17,19H2,1-3H3,(H,41,54)(H,42,55)(H,43,49)(H,56,57)/t20?,23?,24?,26-,27+,28?,29?,30-,31+,32?,33?,34?,35?,39-,40+/m1/s1. The van der Waals surface area contributed by atoms with Crippen LogP contribution in [0.25, 0.3) is 0 Å². The van der Waals surface area contributed by atoms with Crippen LogP contribution in [-0.2, 0) is 44.6 Å². The van der Waals surface area contributed by atoms with Crippen molar-refractivity contribution in [3.63, 3.8) is 0 Å². The van der Waals surface area contributed by atoms with Crippen LogP contribution >= 0.6 is 0 Å². The number of ether oxygens (including phenoxy) is 5. The van der Waals surface area contributed by atoms with E-state index in [-0.39, 0.29) is 56.5 Å². The maximum Gasteiger partial charge on any atom is 0.332 e. The Morgan fingerprint density at radius 1 is 0.919 bits per heavy atom. The minimum absolute atomic E-state index is 0.0379. The summed E-state index contributed by atoms with van der Waals surface area (Å²) < 4.78 is 32.5. The number of nitrogens with zero attached hydrogens (tertiary/aromatic N) is 3. The largest absolute Gasteiger partial charge is 0.479 e. The number of aryl methyl sites for hydroxylation is 1. The van der Waals surface area contributed by atoms with Gasteiger partial charge in [-0.25, -0.2) is 4.79 Å². The molecule has 2 saturated heterocycles. The lowest BCUT2D eigenvalue weighted by Crippen LogP contribution is -2.67. The zero-order valence-corrected chi connectivity index (χ0v) is 35.6. The van der Waals surface area contributed by atoms with E-state index in [4.69, 9.17) is 28.8 Å². The van der Waals surface area contributed by atoms with Crippen molar-refractivity contribution in [2.45, 2.75) is 171 Å². The van der Waals surface area contributed by atoms with Crippen LogP contribution in [-0.4, -0.2) is 180 Å². The average molecular weight is 887 g/mol. The van der Waals surface area contributed by atoms with Crippen molar-refractivity contribution in [1.82, 2.24) is 30.9 Å². The van der Waals surface area contributed by atoms with E-state index in [2.05, 4.69) is 26.3 Å². The van der Waals surface area contributed by atoms with E-state index in [1.807, 2.05) is 6.92 Å². The van der Waals surface area contributed by atoms with Gasteiger partial charge in [0.15, 0.2) is 24.4 Å². The number of hydrogen-bond donors (Lipinski definition) is 10. The molecule has 10 N–H and O–H groups in total. The molecule has 4 fully saturated rings. The van der Waals surface area contributed by atoms with Crippen molar-refractivity contribution in [2.24, 2.45) is 17.8 Å². The van der Waals surface area contributed by atoms with Crippen molar-refractivity contribution < 1.29 is 78.6 Å². The lowest BCUT2D eigenvalue weighted by atomic mass is 9.75. The van der Waals surface area contributed by atoms with Gasteiger partial charge in [0.1, 0.15) is 42.7 Å². The number of aliphatic hydroxyl groups excluding tert-OH is 6. The van der Waals surface area contributed by atoms with Crippen molar-refractivity contribution in [1.29, 1.82) is 0 Å². The highest BCUT2D eigenvalue weighted by atomic mass is 16.7. The second-order valence-corrected chi connectivity index (χ2v) is 16.9. The summed E-state index contributed by atoms with van der Waals surface area (Å²) in [5.41, 5.74) is 0.0654. The van der Waals surface area contributed by atoms with Gasteiger partial charge in [0.05, 0.1) is 31.1 Å². The van der Waals surface area contributed by atoms with E-state index in [1.165, 1.54) is 24.7 Å². The third-order valence-corrected chi connectivity index (χ3v) is 12.4. The monoisotopic (exact) mass is 886 g/mol. The Morgan fingerprint density at radius 2 is 1.65 bits per heavy atom. The Bertz CT molecular complexity index is 1600. The molecule has 62 heavy (non-hydrogen) atoms. The molecule has 2 aliphatic carbocycles. The maximum atomic E-state index is 13.8. The number of nitrogens with one attached hydrogen (secondary N) is 3. The Hall–Kier alpha value is -3.42. The highest BCUT2D eigenvalue weighted by molar-refractivity contribution is 5.91. The van der Waals surface area contributed by atoms with Gasteiger partial charge in [-0.05, 0) is 44.4 Å². The van der Waals surface area contributed by atoms with E-state index in [1.54, 1.807) is 0 Å². The molecule has 0 radical (unpaired) electrons. The van der Waals surface area contributed by atoms with Crippen LogP contribution < -0.4 is 16.0 Å². The fraction of sp³-hybridized carbons (Fsp3) is 0.850. The molecule has 0 spiro atoms. The molecule has 0 bridgehead atoms. The zero-order valence-electron chi connectivity index (χ0n) is 35.6. The average Bonchev–Trinajstić information content (AvgIpc) is 3.74. The third kappa shape index (κ3) is 12.9. The second-order valence-electron chi connectivity index (χ2n) is 16.9. The highest BCUT2D eigenvalue weighted by Crippen LogP contribution is 2.40. The summed E-state index contributed by atoms with van der Waals surface area (Å²) in [6.45, 7) is 4.26. The summed E-state index contributed by atoms with van der Waals surface area (Å²) >= 11 is 0. The molecule has 9 unspecified atom stereocenters. The molecule has 22 heteroatoms. The normalized spacial score (nSPS) is 34.9. The highest BCUT2D eigenvalue weighted by Gasteiger charge is 2.53. The summed E-state index contributed by atoms with van der Waals surface area (Å²) in [6, 6.07) is -1.33.